The summed E-state index contributed by atoms with van der Waals surface area (Å²) < 4.78 is 5.38. The van der Waals surface area contributed by atoms with Crippen molar-refractivity contribution in [3.05, 3.63) is 34.9 Å². The van der Waals surface area contributed by atoms with Gasteiger partial charge in [-0.25, -0.2) is 0 Å². The lowest BCUT2D eigenvalue weighted by molar-refractivity contribution is -0.131. The molecule has 1 atom stereocenters. The third-order valence-electron chi connectivity index (χ3n) is 3.92. The van der Waals surface area contributed by atoms with Crippen molar-refractivity contribution in [1.29, 1.82) is 5.26 Å². The van der Waals surface area contributed by atoms with Gasteiger partial charge in [-0.1, -0.05) is 23.8 Å². The van der Waals surface area contributed by atoms with Gasteiger partial charge in [-0.2, -0.15) is 5.26 Å². The number of amides is 1. The van der Waals surface area contributed by atoms with E-state index in [1.54, 1.807) is 0 Å². The number of ketones is 1. The Bertz CT molecular complexity index is 632. The van der Waals surface area contributed by atoms with Crippen molar-refractivity contribution >= 4 is 11.7 Å². The number of nitrogens with one attached hydrogen (secondary N) is 1. The first-order valence-electron chi connectivity index (χ1n) is 8.73. The van der Waals surface area contributed by atoms with Crippen molar-refractivity contribution in [2.75, 3.05) is 13.2 Å². The molecule has 0 aliphatic rings. The van der Waals surface area contributed by atoms with Crippen molar-refractivity contribution in [3.8, 4) is 6.07 Å². The van der Waals surface area contributed by atoms with Gasteiger partial charge in [0.25, 0.3) is 0 Å². The molecule has 0 aliphatic heterocycles. The molecule has 0 bridgehead atoms. The Morgan fingerprint density at radius 2 is 2.00 bits per heavy atom. The number of hydrogen-bond acceptors (Lipinski definition) is 4. The lowest BCUT2D eigenvalue weighted by Gasteiger charge is -2.11. The molecule has 1 amide bonds. The van der Waals surface area contributed by atoms with Gasteiger partial charge in [-0.15, -0.1) is 0 Å². The highest BCUT2D eigenvalue weighted by molar-refractivity contribution is 6.03. The lowest BCUT2D eigenvalue weighted by atomic mass is 9.95. The molecule has 0 heterocycles. The van der Waals surface area contributed by atoms with Crippen molar-refractivity contribution in [2.24, 2.45) is 5.92 Å². The van der Waals surface area contributed by atoms with E-state index < -0.39 is 11.8 Å². The predicted molar refractivity (Wildman–Crippen MR) is 97.1 cm³/mol. The molecule has 0 aliphatic carbocycles. The molecular formula is C20H28N2O3. The second kappa shape index (κ2) is 10.6. The SMILES string of the molecule is Cc1ccc(CCC(=O)C(C#N)C(=O)NCCCOC(C)C)c(C)c1. The quantitative estimate of drug-likeness (QED) is 0.523. The molecule has 5 nitrogen and oxygen atoms in total. The first-order chi connectivity index (χ1) is 11.8. The summed E-state index contributed by atoms with van der Waals surface area (Å²) in [6, 6.07) is 7.89. The number of carbonyl (C=O) groups is 2. The van der Waals surface area contributed by atoms with E-state index in [2.05, 4.69) is 11.4 Å². The summed E-state index contributed by atoms with van der Waals surface area (Å²) >= 11 is 0. The zero-order valence-corrected chi connectivity index (χ0v) is 15.6. The molecule has 0 saturated carbocycles. The van der Waals surface area contributed by atoms with Gasteiger partial charge >= 0.3 is 0 Å². The van der Waals surface area contributed by atoms with E-state index in [0.29, 0.717) is 26.0 Å². The monoisotopic (exact) mass is 344 g/mol. The third kappa shape index (κ3) is 7.49. The van der Waals surface area contributed by atoms with Gasteiger partial charge < -0.3 is 10.1 Å². The minimum absolute atomic E-state index is 0.148. The first-order valence-corrected chi connectivity index (χ1v) is 8.73. The summed E-state index contributed by atoms with van der Waals surface area (Å²) in [5.74, 6) is -2.09. The summed E-state index contributed by atoms with van der Waals surface area (Å²) in [6.45, 7) is 8.84. The Morgan fingerprint density at radius 3 is 2.60 bits per heavy atom. The van der Waals surface area contributed by atoms with Crippen molar-refractivity contribution in [2.45, 2.75) is 53.1 Å². The van der Waals surface area contributed by atoms with Gasteiger partial charge in [0.1, 0.15) is 0 Å². The standard InChI is InChI=1S/C20H28N2O3/c1-14(2)25-11-5-10-22-20(24)18(13-21)19(23)9-8-17-7-6-15(3)12-16(17)4/h6-7,12,14,18H,5,8-11H2,1-4H3,(H,22,24). The van der Waals surface area contributed by atoms with Gasteiger partial charge in [0.15, 0.2) is 11.7 Å². The van der Waals surface area contributed by atoms with Gasteiger partial charge in [-0.3, -0.25) is 9.59 Å². The molecule has 0 aromatic heterocycles. The summed E-state index contributed by atoms with van der Waals surface area (Å²) in [5.41, 5.74) is 3.36. The first kappa shape index (κ1) is 20.9. The average Bonchev–Trinajstić information content (AvgIpc) is 2.54. The van der Waals surface area contributed by atoms with E-state index >= 15 is 0 Å². The molecule has 25 heavy (non-hydrogen) atoms. The van der Waals surface area contributed by atoms with Crippen molar-refractivity contribution in [1.82, 2.24) is 5.32 Å². The number of aryl methyl sites for hydroxylation is 3. The van der Waals surface area contributed by atoms with Crippen LogP contribution in [0.25, 0.3) is 0 Å². The van der Waals surface area contributed by atoms with Crippen molar-refractivity contribution in [3.63, 3.8) is 0 Å². The summed E-state index contributed by atoms with van der Waals surface area (Å²) in [4.78, 5) is 24.3. The number of rotatable bonds is 10. The van der Waals surface area contributed by atoms with Crippen LogP contribution in [0.15, 0.2) is 18.2 Å². The highest BCUT2D eigenvalue weighted by Crippen LogP contribution is 2.14. The van der Waals surface area contributed by atoms with E-state index in [-0.39, 0.29) is 18.3 Å². The fourth-order valence-electron chi connectivity index (χ4n) is 2.51. The molecular weight excluding hydrogens is 316 g/mol. The highest BCUT2D eigenvalue weighted by Gasteiger charge is 2.25. The van der Waals surface area contributed by atoms with E-state index in [1.807, 2.05) is 45.9 Å². The van der Waals surface area contributed by atoms with Crippen molar-refractivity contribution < 1.29 is 14.3 Å². The maximum atomic E-state index is 12.2. The summed E-state index contributed by atoms with van der Waals surface area (Å²) in [5, 5.41) is 11.8. The maximum absolute atomic E-state index is 12.2. The number of carbonyl (C=O) groups excluding carboxylic acids is 2. The molecule has 1 N–H and O–H groups in total. The topological polar surface area (TPSA) is 79.2 Å². The molecule has 0 radical (unpaired) electrons. The Labute approximate surface area is 150 Å². The second-order valence-corrected chi connectivity index (χ2v) is 6.52. The van der Waals surface area contributed by atoms with Crippen LogP contribution >= 0.6 is 0 Å². The van der Waals surface area contributed by atoms with Gasteiger partial charge in [0.05, 0.1) is 12.2 Å². The fourth-order valence-corrected chi connectivity index (χ4v) is 2.51. The Hall–Kier alpha value is -2.19. The largest absolute Gasteiger partial charge is 0.379 e. The molecule has 1 unspecified atom stereocenters. The zero-order valence-electron chi connectivity index (χ0n) is 15.6. The second-order valence-electron chi connectivity index (χ2n) is 6.52. The Kier molecular flexibility index (Phi) is 8.87. The predicted octanol–water partition coefficient (Wildman–Crippen LogP) is 2.88. The highest BCUT2D eigenvalue weighted by atomic mass is 16.5. The summed E-state index contributed by atoms with van der Waals surface area (Å²) in [6.07, 6.45) is 1.53. The van der Waals surface area contributed by atoms with Crippen LogP contribution in [0.3, 0.4) is 0 Å². The van der Waals surface area contributed by atoms with Crippen LogP contribution in [-0.2, 0) is 20.7 Å². The van der Waals surface area contributed by atoms with Crippen LogP contribution in [0, 0.1) is 31.1 Å². The molecule has 1 aromatic rings. The zero-order chi connectivity index (χ0) is 18.8. The molecule has 0 spiro atoms. The third-order valence-corrected chi connectivity index (χ3v) is 3.92. The smallest absolute Gasteiger partial charge is 0.244 e. The van der Waals surface area contributed by atoms with Gasteiger partial charge in [0.2, 0.25) is 5.91 Å². The Balaban J connectivity index is 2.45. The van der Waals surface area contributed by atoms with E-state index in [0.717, 1.165) is 11.1 Å². The van der Waals surface area contributed by atoms with Crippen LogP contribution in [0.5, 0.6) is 0 Å². The molecule has 5 heteroatoms. The number of benzene rings is 1. The number of Topliss-reactive ketones (excluding diaryl/α,β-unsaturated/α-hetero) is 1. The van der Waals surface area contributed by atoms with E-state index in [9.17, 15) is 14.9 Å². The van der Waals surface area contributed by atoms with Crippen LogP contribution in [0.4, 0.5) is 0 Å². The summed E-state index contributed by atoms with van der Waals surface area (Å²) in [7, 11) is 0. The molecule has 1 aromatic carbocycles. The minimum atomic E-state index is -1.24. The molecule has 0 saturated heterocycles. The minimum Gasteiger partial charge on any atom is -0.379 e. The van der Waals surface area contributed by atoms with Crippen LogP contribution < -0.4 is 5.32 Å². The van der Waals surface area contributed by atoms with E-state index in [1.165, 1.54) is 5.56 Å². The van der Waals surface area contributed by atoms with Crippen LogP contribution in [0.2, 0.25) is 0 Å². The average molecular weight is 344 g/mol. The van der Waals surface area contributed by atoms with Gasteiger partial charge in [-0.05, 0) is 51.7 Å². The van der Waals surface area contributed by atoms with Crippen LogP contribution in [0.1, 0.15) is 43.4 Å². The van der Waals surface area contributed by atoms with Gasteiger partial charge in [0, 0.05) is 19.6 Å². The molecule has 1 rings (SSSR count). The number of nitrogens with zero attached hydrogens (tertiary/aromatic N) is 1. The maximum Gasteiger partial charge on any atom is 0.244 e. The number of nitriles is 1. The van der Waals surface area contributed by atoms with E-state index in [4.69, 9.17) is 4.74 Å². The number of hydrogen-bond donors (Lipinski definition) is 1. The Morgan fingerprint density at radius 1 is 1.28 bits per heavy atom. The molecule has 0 fully saturated rings. The van der Waals surface area contributed by atoms with Crippen LogP contribution in [-0.4, -0.2) is 30.9 Å². The number of ether oxygens (including phenoxy) is 1. The molecule has 136 valence electrons. The normalized spacial score (nSPS) is 11.8. The fraction of sp³-hybridized carbons (Fsp3) is 0.550. The lowest BCUT2D eigenvalue weighted by Crippen LogP contribution is -2.35.